The SMILES string of the molecule is Cc1cc(C#Cc2ccccc2)ccc1OC(F)F.Cc1cc(I)ccc1OC(F)F. The molecule has 3 aromatic rings. The van der Waals surface area contributed by atoms with E-state index in [0.29, 0.717) is 5.56 Å². The molecule has 0 N–H and O–H groups in total. The first kappa shape index (κ1) is 24.5. The standard InChI is InChI=1S/C16H12F2O.C8H7F2IO/c1-12-11-14(9-10-15(12)19-16(17)18)8-7-13-5-3-2-4-6-13;1-5-4-6(11)2-3-7(5)12-8(9)10/h2-6,9-11,16H,1H3;2-4,8H,1H3. The van der Waals surface area contributed by atoms with Crippen LogP contribution in [0.5, 0.6) is 11.5 Å². The molecule has 0 amide bonds. The molecule has 0 aliphatic rings. The fourth-order valence-electron chi connectivity index (χ4n) is 2.46. The highest BCUT2D eigenvalue weighted by Crippen LogP contribution is 2.22. The largest absolute Gasteiger partial charge is 0.435 e. The van der Waals surface area contributed by atoms with Crippen molar-refractivity contribution in [2.24, 2.45) is 0 Å². The molecule has 0 unspecified atom stereocenters. The van der Waals surface area contributed by atoms with Crippen LogP contribution in [0.3, 0.4) is 0 Å². The number of halogens is 5. The lowest BCUT2D eigenvalue weighted by Crippen LogP contribution is -2.03. The highest BCUT2D eigenvalue weighted by molar-refractivity contribution is 14.1. The number of ether oxygens (including phenoxy) is 2. The van der Waals surface area contributed by atoms with Crippen molar-refractivity contribution in [2.45, 2.75) is 27.1 Å². The van der Waals surface area contributed by atoms with Gasteiger partial charge in [-0.2, -0.15) is 17.6 Å². The number of benzene rings is 3. The second kappa shape index (κ2) is 12.2. The van der Waals surface area contributed by atoms with Crippen molar-refractivity contribution in [1.29, 1.82) is 0 Å². The number of hydrogen-bond acceptors (Lipinski definition) is 2. The molecule has 0 aliphatic heterocycles. The van der Waals surface area contributed by atoms with E-state index < -0.39 is 13.2 Å². The van der Waals surface area contributed by atoms with Crippen LogP contribution < -0.4 is 9.47 Å². The molecular weight excluding hydrogens is 523 g/mol. The van der Waals surface area contributed by atoms with Crippen molar-refractivity contribution in [2.75, 3.05) is 0 Å². The third kappa shape index (κ3) is 8.89. The van der Waals surface area contributed by atoms with Gasteiger partial charge in [0.15, 0.2) is 0 Å². The maximum Gasteiger partial charge on any atom is 0.387 e. The van der Waals surface area contributed by atoms with Gasteiger partial charge in [0.25, 0.3) is 0 Å². The summed E-state index contributed by atoms with van der Waals surface area (Å²) >= 11 is 2.11. The topological polar surface area (TPSA) is 18.5 Å². The van der Waals surface area contributed by atoms with Crippen LogP contribution >= 0.6 is 22.6 Å². The molecule has 0 heterocycles. The summed E-state index contributed by atoms with van der Waals surface area (Å²) in [5.41, 5.74) is 3.04. The van der Waals surface area contributed by atoms with Gasteiger partial charge in [-0.3, -0.25) is 0 Å². The smallest absolute Gasteiger partial charge is 0.387 e. The fourth-order valence-corrected chi connectivity index (χ4v) is 3.11. The molecule has 7 heteroatoms. The zero-order chi connectivity index (χ0) is 22.8. The van der Waals surface area contributed by atoms with E-state index >= 15 is 0 Å². The third-order valence-corrected chi connectivity index (χ3v) is 4.54. The lowest BCUT2D eigenvalue weighted by atomic mass is 10.1. The van der Waals surface area contributed by atoms with Gasteiger partial charge >= 0.3 is 13.2 Å². The zero-order valence-corrected chi connectivity index (χ0v) is 18.9. The van der Waals surface area contributed by atoms with Crippen molar-refractivity contribution >= 4 is 22.6 Å². The molecule has 3 aromatic carbocycles. The van der Waals surface area contributed by atoms with Crippen molar-refractivity contribution < 1.29 is 27.0 Å². The van der Waals surface area contributed by atoms with E-state index in [-0.39, 0.29) is 11.5 Å². The van der Waals surface area contributed by atoms with E-state index in [2.05, 4.69) is 43.9 Å². The minimum Gasteiger partial charge on any atom is -0.435 e. The Morgan fingerprint density at radius 2 is 1.19 bits per heavy atom. The molecule has 0 bridgehead atoms. The summed E-state index contributed by atoms with van der Waals surface area (Å²) in [6, 6.07) is 19.5. The summed E-state index contributed by atoms with van der Waals surface area (Å²) in [5, 5.41) is 0. The average Bonchev–Trinajstić information content (AvgIpc) is 2.71. The van der Waals surface area contributed by atoms with E-state index in [1.165, 1.54) is 6.07 Å². The molecule has 0 atom stereocenters. The Bertz CT molecular complexity index is 1040. The maximum absolute atomic E-state index is 12.1. The van der Waals surface area contributed by atoms with Crippen molar-refractivity contribution in [3.63, 3.8) is 0 Å². The molecule has 0 radical (unpaired) electrons. The molecule has 0 aliphatic carbocycles. The van der Waals surface area contributed by atoms with Crippen LogP contribution in [-0.4, -0.2) is 13.2 Å². The normalized spacial score (nSPS) is 10.1. The highest BCUT2D eigenvalue weighted by atomic mass is 127. The summed E-state index contributed by atoms with van der Waals surface area (Å²) in [5.74, 6) is 6.42. The second-order valence-electron chi connectivity index (χ2n) is 6.26. The Labute approximate surface area is 192 Å². The van der Waals surface area contributed by atoms with Crippen LogP contribution in [0.25, 0.3) is 0 Å². The van der Waals surface area contributed by atoms with Crippen LogP contribution in [0.1, 0.15) is 22.3 Å². The quantitative estimate of drug-likeness (QED) is 0.197. The van der Waals surface area contributed by atoms with Gasteiger partial charge in [-0.05, 0) is 96.1 Å². The Balaban J connectivity index is 0.000000245. The maximum atomic E-state index is 12.1. The Hall–Kier alpha value is -2.73. The molecule has 3 rings (SSSR count). The molecule has 0 fully saturated rings. The van der Waals surface area contributed by atoms with E-state index in [1.807, 2.05) is 30.3 Å². The predicted octanol–water partition coefficient (Wildman–Crippen LogP) is 7.20. The molecule has 2 nitrogen and oxygen atoms in total. The van der Waals surface area contributed by atoms with Crippen molar-refractivity contribution in [3.05, 3.63) is 92.6 Å². The van der Waals surface area contributed by atoms with Gasteiger partial charge in [-0.15, -0.1) is 0 Å². The molecule has 0 spiro atoms. The summed E-state index contributed by atoms with van der Waals surface area (Å²) in [6.45, 7) is -2.10. The highest BCUT2D eigenvalue weighted by Gasteiger charge is 2.07. The molecule has 0 saturated carbocycles. The van der Waals surface area contributed by atoms with Gasteiger partial charge in [0.05, 0.1) is 0 Å². The molecule has 0 aromatic heterocycles. The number of hydrogen-bond donors (Lipinski definition) is 0. The van der Waals surface area contributed by atoms with Gasteiger partial charge < -0.3 is 9.47 Å². The summed E-state index contributed by atoms with van der Waals surface area (Å²) in [7, 11) is 0. The van der Waals surface area contributed by atoms with Crippen LogP contribution in [0.2, 0.25) is 0 Å². The number of rotatable bonds is 4. The first-order chi connectivity index (χ1) is 14.7. The molecule has 31 heavy (non-hydrogen) atoms. The van der Waals surface area contributed by atoms with Gasteiger partial charge in [0, 0.05) is 14.7 Å². The van der Waals surface area contributed by atoms with E-state index in [0.717, 1.165) is 20.3 Å². The first-order valence-corrected chi connectivity index (χ1v) is 10.2. The molecular formula is C24H19F4IO2. The summed E-state index contributed by atoms with van der Waals surface area (Å²) in [4.78, 5) is 0. The van der Waals surface area contributed by atoms with Gasteiger partial charge in [-0.25, -0.2) is 0 Å². The summed E-state index contributed by atoms with van der Waals surface area (Å²) in [6.07, 6.45) is 0. The number of alkyl halides is 4. The van der Waals surface area contributed by atoms with Gasteiger partial charge in [-0.1, -0.05) is 30.0 Å². The number of aryl methyl sites for hydroxylation is 2. The van der Waals surface area contributed by atoms with Crippen LogP contribution in [0.4, 0.5) is 17.6 Å². The van der Waals surface area contributed by atoms with Crippen LogP contribution in [0, 0.1) is 29.3 Å². The van der Waals surface area contributed by atoms with E-state index in [1.54, 1.807) is 44.2 Å². The lowest BCUT2D eigenvalue weighted by molar-refractivity contribution is -0.0509. The Morgan fingerprint density at radius 1 is 0.677 bits per heavy atom. The predicted molar refractivity (Wildman–Crippen MR) is 121 cm³/mol. The summed E-state index contributed by atoms with van der Waals surface area (Å²) < 4.78 is 57.4. The van der Waals surface area contributed by atoms with Gasteiger partial charge in [0.1, 0.15) is 11.5 Å². The minimum atomic E-state index is -2.81. The van der Waals surface area contributed by atoms with Gasteiger partial charge in [0.2, 0.25) is 0 Å². The average molecular weight is 542 g/mol. The lowest BCUT2D eigenvalue weighted by Gasteiger charge is -2.07. The van der Waals surface area contributed by atoms with Crippen molar-refractivity contribution in [1.82, 2.24) is 0 Å². The third-order valence-electron chi connectivity index (χ3n) is 3.87. The Kier molecular flexibility index (Phi) is 9.66. The molecule has 0 saturated heterocycles. The molecule has 162 valence electrons. The van der Waals surface area contributed by atoms with E-state index in [4.69, 9.17) is 0 Å². The van der Waals surface area contributed by atoms with Crippen LogP contribution in [-0.2, 0) is 0 Å². The van der Waals surface area contributed by atoms with Crippen molar-refractivity contribution in [3.8, 4) is 23.3 Å². The first-order valence-electron chi connectivity index (χ1n) is 9.08. The minimum absolute atomic E-state index is 0.181. The second-order valence-corrected chi connectivity index (χ2v) is 7.51. The van der Waals surface area contributed by atoms with E-state index in [9.17, 15) is 17.6 Å². The Morgan fingerprint density at radius 3 is 1.71 bits per heavy atom. The fraction of sp³-hybridized carbons (Fsp3) is 0.167. The van der Waals surface area contributed by atoms with Crippen LogP contribution in [0.15, 0.2) is 66.7 Å². The zero-order valence-electron chi connectivity index (χ0n) is 16.7. The monoisotopic (exact) mass is 542 g/mol.